The number of nitro benzene ring substituents is 1. The predicted octanol–water partition coefficient (Wildman–Crippen LogP) is 4.73. The summed E-state index contributed by atoms with van der Waals surface area (Å²) in [4.78, 5) is 35.2. The van der Waals surface area contributed by atoms with Gasteiger partial charge in [0.05, 0.1) is 24.2 Å². The number of hydrogen-bond donors (Lipinski definition) is 0. The Morgan fingerprint density at radius 1 is 1.32 bits per heavy atom. The number of alkyl halides is 3. The molecular weight excluding hydrogens is 423 g/mol. The molecule has 0 radical (unpaired) electrons. The van der Waals surface area contributed by atoms with E-state index < -0.39 is 51.1 Å². The first kappa shape index (κ1) is 24.0. The van der Waals surface area contributed by atoms with Gasteiger partial charge in [0.2, 0.25) is 0 Å². The fraction of sp³-hybridized carbons (Fsp3) is 0.474. The molecule has 0 spiro atoms. The van der Waals surface area contributed by atoms with Crippen molar-refractivity contribution in [1.29, 1.82) is 0 Å². The molecule has 0 N–H and O–H groups in total. The zero-order valence-electron chi connectivity index (χ0n) is 17.1. The van der Waals surface area contributed by atoms with E-state index in [0.717, 1.165) is 6.07 Å². The molecule has 0 bridgehead atoms. The fourth-order valence-corrected chi connectivity index (χ4v) is 3.23. The highest BCUT2D eigenvalue weighted by Gasteiger charge is 2.48. The van der Waals surface area contributed by atoms with Crippen molar-refractivity contribution >= 4 is 23.1 Å². The number of carbonyl (C=O) groups excluding carboxylic acids is 2. The molecule has 1 atom stereocenters. The molecule has 1 aliphatic rings. The first-order valence-electron chi connectivity index (χ1n) is 9.08. The van der Waals surface area contributed by atoms with Gasteiger partial charge in [-0.3, -0.25) is 19.7 Å². The van der Waals surface area contributed by atoms with Crippen molar-refractivity contribution in [2.45, 2.75) is 33.4 Å². The van der Waals surface area contributed by atoms with Gasteiger partial charge in [0.15, 0.2) is 17.2 Å². The van der Waals surface area contributed by atoms with E-state index in [2.05, 4.69) is 10.2 Å². The third-order valence-electron chi connectivity index (χ3n) is 4.66. The molecule has 0 saturated heterocycles. The molecule has 1 aromatic carbocycles. The van der Waals surface area contributed by atoms with Gasteiger partial charge in [-0.1, -0.05) is 13.8 Å². The van der Waals surface area contributed by atoms with Gasteiger partial charge in [-0.25, -0.2) is 0 Å². The number of hydrogen-bond acceptors (Lipinski definition) is 8. The number of esters is 1. The summed E-state index contributed by atoms with van der Waals surface area (Å²) in [7, 11) is 1.21. The van der Waals surface area contributed by atoms with E-state index in [9.17, 15) is 32.9 Å². The number of benzene rings is 1. The standard InChI is InChI=1S/C19H20F3N3O6/c1-5-31-17(27)14-16(30-4)15(13(26)9-18(14,2)3)24-23-11-7-6-10(19(20,21)22)8-12(11)25(28)29/h6-8,14H,5,9H2,1-4H3/b24-23+. The second-order valence-corrected chi connectivity index (χ2v) is 7.35. The van der Waals surface area contributed by atoms with Crippen molar-refractivity contribution in [3.05, 3.63) is 45.3 Å². The number of rotatable bonds is 6. The maximum Gasteiger partial charge on any atom is 0.416 e. The minimum atomic E-state index is -4.79. The topological polar surface area (TPSA) is 120 Å². The number of halogens is 3. The van der Waals surface area contributed by atoms with E-state index in [-0.39, 0.29) is 24.5 Å². The normalized spacial score (nSPS) is 18.9. The zero-order chi connectivity index (χ0) is 23.6. The Bertz CT molecular complexity index is 969. The maximum absolute atomic E-state index is 12.9. The second-order valence-electron chi connectivity index (χ2n) is 7.35. The summed E-state index contributed by atoms with van der Waals surface area (Å²) in [5.74, 6) is -2.31. The molecule has 0 amide bonds. The highest BCUT2D eigenvalue weighted by molar-refractivity contribution is 5.99. The minimum Gasteiger partial charge on any atom is -0.498 e. The number of ether oxygens (including phenoxy) is 2. The third kappa shape index (κ3) is 5.06. The van der Waals surface area contributed by atoms with Crippen LogP contribution >= 0.6 is 0 Å². The summed E-state index contributed by atoms with van der Waals surface area (Å²) in [5, 5.41) is 18.5. The lowest BCUT2D eigenvalue weighted by Gasteiger charge is -2.36. The number of azo groups is 1. The summed E-state index contributed by atoms with van der Waals surface area (Å²) >= 11 is 0. The van der Waals surface area contributed by atoms with Crippen molar-refractivity contribution in [1.82, 2.24) is 0 Å². The molecule has 0 saturated carbocycles. The van der Waals surface area contributed by atoms with E-state index in [4.69, 9.17) is 9.47 Å². The van der Waals surface area contributed by atoms with Crippen LogP contribution in [-0.4, -0.2) is 30.4 Å². The van der Waals surface area contributed by atoms with Crippen molar-refractivity contribution < 1.29 is 37.2 Å². The van der Waals surface area contributed by atoms with E-state index >= 15 is 0 Å². The third-order valence-corrected chi connectivity index (χ3v) is 4.66. The zero-order valence-corrected chi connectivity index (χ0v) is 17.1. The number of methoxy groups -OCH3 is 1. The van der Waals surface area contributed by atoms with Crippen LogP contribution in [0.25, 0.3) is 0 Å². The smallest absolute Gasteiger partial charge is 0.416 e. The number of Topliss-reactive ketones (excluding diaryl/α,β-unsaturated/α-hetero) is 1. The lowest BCUT2D eigenvalue weighted by atomic mass is 9.69. The SMILES string of the molecule is CCOC(=O)C1C(OC)=C(/N=N/c2ccc(C(F)(F)F)cc2[N+](=O)[O-])C(=O)CC1(C)C. The Kier molecular flexibility index (Phi) is 6.82. The number of carbonyl (C=O) groups is 2. The summed E-state index contributed by atoms with van der Waals surface area (Å²) in [6.45, 7) is 5.03. The van der Waals surface area contributed by atoms with Gasteiger partial charge < -0.3 is 9.47 Å². The molecule has 0 aromatic heterocycles. The fourth-order valence-electron chi connectivity index (χ4n) is 3.23. The summed E-state index contributed by atoms with van der Waals surface area (Å²) in [6, 6.07) is 1.71. The summed E-state index contributed by atoms with van der Waals surface area (Å²) in [6.07, 6.45) is -4.91. The molecule has 1 unspecified atom stereocenters. The minimum absolute atomic E-state index is 0.0882. The summed E-state index contributed by atoms with van der Waals surface area (Å²) in [5.41, 5.74) is -3.88. The first-order valence-corrected chi connectivity index (χ1v) is 9.08. The number of nitro groups is 1. The predicted molar refractivity (Wildman–Crippen MR) is 100 cm³/mol. The quantitative estimate of drug-likeness (QED) is 0.271. The Balaban J connectivity index is 2.58. The molecule has 1 aromatic rings. The van der Waals surface area contributed by atoms with Crippen LogP contribution in [0.5, 0.6) is 0 Å². The molecule has 0 heterocycles. The average molecular weight is 443 g/mol. The first-order chi connectivity index (χ1) is 14.3. The lowest BCUT2D eigenvalue weighted by molar-refractivity contribution is -0.384. The van der Waals surface area contributed by atoms with Gasteiger partial charge in [-0.05, 0) is 24.5 Å². The highest BCUT2D eigenvalue weighted by Crippen LogP contribution is 2.44. The van der Waals surface area contributed by atoms with Crippen LogP contribution in [0.15, 0.2) is 39.9 Å². The monoisotopic (exact) mass is 443 g/mol. The molecule has 12 heteroatoms. The van der Waals surface area contributed by atoms with Crippen molar-refractivity contribution in [2.24, 2.45) is 21.6 Å². The van der Waals surface area contributed by atoms with E-state index in [1.54, 1.807) is 20.8 Å². The molecular formula is C19H20F3N3O6. The van der Waals surface area contributed by atoms with Gasteiger partial charge in [-0.2, -0.15) is 13.2 Å². The highest BCUT2D eigenvalue weighted by atomic mass is 19.4. The van der Waals surface area contributed by atoms with E-state index in [1.165, 1.54) is 7.11 Å². The molecule has 2 rings (SSSR count). The van der Waals surface area contributed by atoms with Gasteiger partial charge in [0, 0.05) is 12.5 Å². The van der Waals surface area contributed by atoms with Crippen LogP contribution in [0.2, 0.25) is 0 Å². The second kappa shape index (κ2) is 8.82. The van der Waals surface area contributed by atoms with Crippen LogP contribution in [-0.2, 0) is 25.2 Å². The molecule has 9 nitrogen and oxygen atoms in total. The molecule has 31 heavy (non-hydrogen) atoms. The Morgan fingerprint density at radius 2 is 1.97 bits per heavy atom. The van der Waals surface area contributed by atoms with Gasteiger partial charge in [0.25, 0.3) is 5.69 Å². The largest absolute Gasteiger partial charge is 0.498 e. The Hall–Kier alpha value is -3.31. The van der Waals surface area contributed by atoms with Gasteiger partial charge >= 0.3 is 12.1 Å². The van der Waals surface area contributed by atoms with Crippen molar-refractivity contribution in [3.8, 4) is 0 Å². The average Bonchev–Trinajstić information content (AvgIpc) is 2.65. The molecule has 1 aliphatic carbocycles. The molecule has 0 fully saturated rings. The maximum atomic E-state index is 12.9. The van der Waals surface area contributed by atoms with Gasteiger partial charge in [-0.15, -0.1) is 10.2 Å². The Morgan fingerprint density at radius 3 is 2.48 bits per heavy atom. The Labute approximate surface area is 175 Å². The lowest BCUT2D eigenvalue weighted by Crippen LogP contribution is -2.40. The van der Waals surface area contributed by atoms with Crippen LogP contribution in [0.4, 0.5) is 24.5 Å². The number of nitrogens with zero attached hydrogens (tertiary/aromatic N) is 3. The van der Waals surface area contributed by atoms with Crippen LogP contribution in [0.1, 0.15) is 32.8 Å². The molecule has 0 aliphatic heterocycles. The van der Waals surface area contributed by atoms with E-state index in [1.807, 2.05) is 0 Å². The van der Waals surface area contributed by atoms with Crippen molar-refractivity contribution in [3.63, 3.8) is 0 Å². The molecule has 168 valence electrons. The van der Waals surface area contributed by atoms with Gasteiger partial charge in [0.1, 0.15) is 11.7 Å². The number of ketones is 1. The summed E-state index contributed by atoms with van der Waals surface area (Å²) < 4.78 is 48.9. The number of allylic oxidation sites excluding steroid dienone is 1. The van der Waals surface area contributed by atoms with Crippen LogP contribution in [0, 0.1) is 21.4 Å². The van der Waals surface area contributed by atoms with Crippen molar-refractivity contribution in [2.75, 3.05) is 13.7 Å². The van der Waals surface area contributed by atoms with E-state index in [0.29, 0.717) is 12.1 Å². The van der Waals surface area contributed by atoms with Crippen LogP contribution < -0.4 is 0 Å². The van der Waals surface area contributed by atoms with Crippen LogP contribution in [0.3, 0.4) is 0 Å².